The molecule has 0 atom stereocenters. The highest BCUT2D eigenvalue weighted by atomic mass is 15.3. The van der Waals surface area contributed by atoms with Crippen LogP contribution in [0.15, 0.2) is 102 Å². The second-order valence-corrected chi connectivity index (χ2v) is 8.00. The summed E-state index contributed by atoms with van der Waals surface area (Å²) in [7, 11) is 0. The van der Waals surface area contributed by atoms with Crippen molar-refractivity contribution in [3.8, 4) is 28.1 Å². The molecule has 0 bridgehead atoms. The van der Waals surface area contributed by atoms with Crippen LogP contribution in [0.25, 0.3) is 28.1 Å². The van der Waals surface area contributed by atoms with Gasteiger partial charge in [0.15, 0.2) is 0 Å². The van der Waals surface area contributed by atoms with Crippen LogP contribution < -0.4 is 5.43 Å². The topological polar surface area (TPSA) is 68.0 Å². The number of benzene rings is 3. The molecule has 0 fully saturated rings. The number of para-hydroxylation sites is 1. The molecule has 166 valence electrons. The van der Waals surface area contributed by atoms with Crippen LogP contribution in [-0.2, 0) is 0 Å². The first-order valence-corrected chi connectivity index (χ1v) is 11.1. The van der Waals surface area contributed by atoms with E-state index in [1.54, 1.807) is 6.21 Å². The molecule has 5 aromatic rings. The maximum absolute atomic E-state index is 4.87. The lowest BCUT2D eigenvalue weighted by atomic mass is 10.0. The van der Waals surface area contributed by atoms with E-state index in [1.807, 2.05) is 79.3 Å². The molecule has 0 spiro atoms. The zero-order chi connectivity index (χ0) is 23.3. The van der Waals surface area contributed by atoms with Crippen molar-refractivity contribution in [2.24, 2.45) is 5.10 Å². The van der Waals surface area contributed by atoms with E-state index >= 15 is 0 Å². The number of nitrogens with zero attached hydrogens (tertiary/aromatic N) is 5. The predicted molar refractivity (Wildman–Crippen MR) is 137 cm³/mol. The Hall–Kier alpha value is -4.58. The van der Waals surface area contributed by atoms with Crippen LogP contribution >= 0.6 is 0 Å². The van der Waals surface area contributed by atoms with Gasteiger partial charge in [0.1, 0.15) is 5.69 Å². The lowest BCUT2D eigenvalue weighted by Gasteiger charge is -2.04. The minimum Gasteiger partial charge on any atom is -0.245 e. The van der Waals surface area contributed by atoms with Crippen LogP contribution in [0.4, 0.5) is 5.95 Å². The molecule has 34 heavy (non-hydrogen) atoms. The third-order valence-corrected chi connectivity index (χ3v) is 5.38. The summed E-state index contributed by atoms with van der Waals surface area (Å²) in [6.45, 7) is 3.87. The molecule has 0 unspecified atom stereocenters. The zero-order valence-corrected chi connectivity index (χ0v) is 19.1. The van der Waals surface area contributed by atoms with Crippen molar-refractivity contribution in [3.05, 3.63) is 114 Å². The van der Waals surface area contributed by atoms with Gasteiger partial charge in [-0.3, -0.25) is 0 Å². The standard InChI is InChI=1S/C28H24N6/c1-20-17-21(2)31-28(30-20)32-29-18-25-19-34(26-11-7-4-8-12-26)33-27(25)24-15-13-23(14-16-24)22-9-5-3-6-10-22/h3-19H,1-2H3,(H,30,31,32). The van der Waals surface area contributed by atoms with E-state index in [0.29, 0.717) is 5.95 Å². The molecule has 3 aromatic carbocycles. The van der Waals surface area contributed by atoms with Gasteiger partial charge < -0.3 is 0 Å². The SMILES string of the molecule is Cc1cc(C)nc(NN=Cc2cn(-c3ccccc3)nc2-c2ccc(-c3ccccc3)cc2)n1. The van der Waals surface area contributed by atoms with E-state index in [0.717, 1.165) is 39.5 Å². The minimum atomic E-state index is 0.470. The average molecular weight is 445 g/mol. The van der Waals surface area contributed by atoms with E-state index in [-0.39, 0.29) is 0 Å². The molecule has 0 saturated carbocycles. The van der Waals surface area contributed by atoms with Crippen molar-refractivity contribution in [1.82, 2.24) is 19.7 Å². The molecule has 0 aliphatic rings. The van der Waals surface area contributed by atoms with Gasteiger partial charge in [-0.05, 0) is 43.2 Å². The van der Waals surface area contributed by atoms with Crippen molar-refractivity contribution < 1.29 is 0 Å². The minimum absolute atomic E-state index is 0.470. The highest BCUT2D eigenvalue weighted by Crippen LogP contribution is 2.26. The zero-order valence-electron chi connectivity index (χ0n) is 19.1. The molecule has 6 heteroatoms. The molecule has 0 aliphatic carbocycles. The summed E-state index contributed by atoms with van der Waals surface area (Å²) < 4.78 is 1.87. The fourth-order valence-electron chi connectivity index (χ4n) is 3.81. The van der Waals surface area contributed by atoms with Gasteiger partial charge in [0.2, 0.25) is 5.95 Å². The van der Waals surface area contributed by atoms with E-state index in [1.165, 1.54) is 5.56 Å². The summed E-state index contributed by atoms with van der Waals surface area (Å²) in [6.07, 6.45) is 3.73. The Labute approximate surface area is 198 Å². The van der Waals surface area contributed by atoms with Crippen molar-refractivity contribution in [1.29, 1.82) is 0 Å². The Morgan fingerprint density at radius 2 is 1.32 bits per heavy atom. The van der Waals surface area contributed by atoms with Crippen molar-refractivity contribution in [2.75, 3.05) is 5.43 Å². The van der Waals surface area contributed by atoms with Crippen molar-refractivity contribution in [3.63, 3.8) is 0 Å². The summed E-state index contributed by atoms with van der Waals surface area (Å²) in [6, 6.07) is 30.7. The van der Waals surface area contributed by atoms with E-state index in [4.69, 9.17) is 5.10 Å². The van der Waals surface area contributed by atoms with Gasteiger partial charge in [-0.1, -0.05) is 72.8 Å². The van der Waals surface area contributed by atoms with E-state index in [2.05, 4.69) is 56.9 Å². The van der Waals surface area contributed by atoms with Gasteiger partial charge in [-0.25, -0.2) is 20.1 Å². The molecule has 0 saturated heterocycles. The van der Waals surface area contributed by atoms with E-state index in [9.17, 15) is 0 Å². The second-order valence-electron chi connectivity index (χ2n) is 8.00. The first kappa shape index (κ1) is 21.3. The Bertz CT molecular complexity index is 1400. The summed E-state index contributed by atoms with van der Waals surface area (Å²) in [5.41, 5.74) is 10.8. The third kappa shape index (κ3) is 4.76. The molecule has 0 aliphatic heterocycles. The maximum Gasteiger partial charge on any atom is 0.243 e. The number of hydrazone groups is 1. The first-order valence-electron chi connectivity index (χ1n) is 11.1. The first-order chi connectivity index (χ1) is 16.7. The molecule has 0 radical (unpaired) electrons. The molecule has 1 N–H and O–H groups in total. The number of anilines is 1. The summed E-state index contributed by atoms with van der Waals surface area (Å²) in [5, 5.41) is 9.27. The number of hydrogen-bond acceptors (Lipinski definition) is 5. The Morgan fingerprint density at radius 1 is 0.735 bits per heavy atom. The number of aromatic nitrogens is 4. The van der Waals surface area contributed by atoms with Crippen molar-refractivity contribution >= 4 is 12.2 Å². The molecule has 2 aromatic heterocycles. The fraction of sp³-hybridized carbons (Fsp3) is 0.0714. The summed E-state index contributed by atoms with van der Waals surface area (Å²) >= 11 is 0. The summed E-state index contributed by atoms with van der Waals surface area (Å²) in [4.78, 5) is 8.76. The number of aryl methyl sites for hydroxylation is 2. The van der Waals surface area contributed by atoms with E-state index < -0.39 is 0 Å². The Morgan fingerprint density at radius 3 is 2.00 bits per heavy atom. The van der Waals surface area contributed by atoms with Gasteiger partial charge in [0, 0.05) is 28.7 Å². The molecule has 0 amide bonds. The average Bonchev–Trinajstić information content (AvgIpc) is 3.29. The quantitative estimate of drug-likeness (QED) is 0.255. The van der Waals surface area contributed by atoms with Crippen LogP contribution in [0, 0.1) is 13.8 Å². The maximum atomic E-state index is 4.87. The lowest BCUT2D eigenvalue weighted by Crippen LogP contribution is -1.99. The Kier molecular flexibility index (Phi) is 5.95. The largest absolute Gasteiger partial charge is 0.245 e. The number of rotatable bonds is 6. The highest BCUT2D eigenvalue weighted by molar-refractivity contribution is 5.89. The lowest BCUT2D eigenvalue weighted by molar-refractivity contribution is 0.884. The molecule has 6 nitrogen and oxygen atoms in total. The second kappa shape index (κ2) is 9.50. The van der Waals surface area contributed by atoms with Crippen LogP contribution in [0.3, 0.4) is 0 Å². The fourth-order valence-corrected chi connectivity index (χ4v) is 3.81. The normalized spacial score (nSPS) is 11.1. The van der Waals surface area contributed by atoms with Gasteiger partial charge in [-0.15, -0.1) is 0 Å². The molecular weight excluding hydrogens is 420 g/mol. The van der Waals surface area contributed by atoms with Crippen LogP contribution in [0.2, 0.25) is 0 Å². The smallest absolute Gasteiger partial charge is 0.243 e. The number of nitrogens with one attached hydrogen (secondary N) is 1. The van der Waals surface area contributed by atoms with Gasteiger partial charge in [0.25, 0.3) is 0 Å². The van der Waals surface area contributed by atoms with Gasteiger partial charge >= 0.3 is 0 Å². The predicted octanol–water partition coefficient (Wildman–Crippen LogP) is 6.06. The highest BCUT2D eigenvalue weighted by Gasteiger charge is 2.12. The molecule has 2 heterocycles. The summed E-state index contributed by atoms with van der Waals surface area (Å²) in [5.74, 6) is 0.470. The monoisotopic (exact) mass is 444 g/mol. The Balaban J connectivity index is 1.48. The van der Waals surface area contributed by atoms with Crippen LogP contribution in [0.5, 0.6) is 0 Å². The molecular formula is C28H24N6. The van der Waals surface area contributed by atoms with Gasteiger partial charge in [0.05, 0.1) is 11.9 Å². The van der Waals surface area contributed by atoms with Crippen molar-refractivity contribution in [2.45, 2.75) is 13.8 Å². The number of hydrogen-bond donors (Lipinski definition) is 1. The van der Waals surface area contributed by atoms with Crippen LogP contribution in [0.1, 0.15) is 17.0 Å². The van der Waals surface area contributed by atoms with Crippen LogP contribution in [-0.4, -0.2) is 26.0 Å². The third-order valence-electron chi connectivity index (χ3n) is 5.38. The molecule has 5 rings (SSSR count). The van der Waals surface area contributed by atoms with Gasteiger partial charge in [-0.2, -0.15) is 10.2 Å².